The van der Waals surface area contributed by atoms with E-state index < -0.39 is 0 Å². The second-order valence-electron chi connectivity index (χ2n) is 4.30. The molecule has 1 fully saturated rings. The Bertz CT molecular complexity index is 151. The topological polar surface area (TPSA) is 41.5 Å². The number of nitrogens with zero attached hydrogens (tertiary/aromatic N) is 1. The highest BCUT2D eigenvalue weighted by Crippen LogP contribution is 2.25. The van der Waals surface area contributed by atoms with E-state index in [1.54, 1.807) is 0 Å². The van der Waals surface area contributed by atoms with Crippen molar-refractivity contribution in [1.82, 2.24) is 5.32 Å². The maximum atomic E-state index is 10.4. The Morgan fingerprint density at radius 1 is 1.42 bits per heavy atom. The second kappa shape index (κ2) is 3.99. The maximum Gasteiger partial charge on any atom is 0.0973 e. The molecule has 1 aliphatic heterocycles. The first-order chi connectivity index (χ1) is 5.64. The predicted molar refractivity (Wildman–Crippen MR) is 50.1 cm³/mol. The summed E-state index contributed by atoms with van der Waals surface area (Å²) < 4.78 is 0. The van der Waals surface area contributed by atoms with E-state index in [-0.39, 0.29) is 5.54 Å². The molecule has 0 aromatic rings. The van der Waals surface area contributed by atoms with E-state index in [9.17, 15) is 4.91 Å². The summed E-state index contributed by atoms with van der Waals surface area (Å²) in [6, 6.07) is 0. The van der Waals surface area contributed by atoms with Crippen molar-refractivity contribution in [3.63, 3.8) is 0 Å². The molecule has 0 radical (unpaired) electrons. The quantitative estimate of drug-likeness (QED) is 0.657. The maximum absolute atomic E-state index is 10.4. The zero-order chi connectivity index (χ0) is 9.03. The van der Waals surface area contributed by atoms with Crippen LogP contribution >= 0.6 is 0 Å². The predicted octanol–water partition coefficient (Wildman–Crippen LogP) is 1.92. The number of hydrogen-bond donors (Lipinski definition) is 1. The molecule has 0 aromatic heterocycles. The lowest BCUT2D eigenvalue weighted by atomic mass is 9.85. The largest absolute Gasteiger partial charge is 0.317 e. The van der Waals surface area contributed by atoms with E-state index in [1.807, 2.05) is 13.8 Å². The summed E-state index contributed by atoms with van der Waals surface area (Å²) in [5.74, 6) is 0.693. The molecule has 1 saturated heterocycles. The zero-order valence-corrected chi connectivity index (χ0v) is 7.97. The minimum Gasteiger partial charge on any atom is -0.317 e. The molecular weight excluding hydrogens is 152 g/mol. The van der Waals surface area contributed by atoms with Gasteiger partial charge >= 0.3 is 0 Å². The fourth-order valence-electron chi connectivity index (χ4n) is 1.83. The van der Waals surface area contributed by atoms with Crippen molar-refractivity contribution >= 4 is 0 Å². The highest BCUT2D eigenvalue weighted by molar-refractivity contribution is 4.82. The molecule has 3 heteroatoms. The lowest BCUT2D eigenvalue weighted by Crippen LogP contribution is -2.31. The lowest BCUT2D eigenvalue weighted by molar-refractivity contribution is 0.292. The minimum atomic E-state index is -0.359. The molecule has 0 aromatic carbocycles. The Balaban J connectivity index is 2.33. The molecule has 12 heavy (non-hydrogen) atoms. The van der Waals surface area contributed by atoms with Gasteiger partial charge in [0.05, 0.1) is 5.54 Å². The first-order valence-corrected chi connectivity index (χ1v) is 4.69. The van der Waals surface area contributed by atoms with Crippen LogP contribution in [0.25, 0.3) is 0 Å². The standard InChI is InChI=1S/C9H18N2O/c1-9(2,11-12)7-8-3-5-10-6-4-8/h8,10H,3-7H2,1-2H3. The molecule has 1 aliphatic rings. The van der Waals surface area contributed by atoms with Gasteiger partial charge in [0.25, 0.3) is 0 Å². The van der Waals surface area contributed by atoms with Gasteiger partial charge in [-0.25, -0.2) is 0 Å². The fraction of sp³-hybridized carbons (Fsp3) is 1.00. The van der Waals surface area contributed by atoms with Crippen molar-refractivity contribution < 1.29 is 0 Å². The Morgan fingerprint density at radius 2 is 2.00 bits per heavy atom. The molecule has 0 saturated carbocycles. The zero-order valence-electron chi connectivity index (χ0n) is 7.97. The van der Waals surface area contributed by atoms with Gasteiger partial charge in [-0.1, -0.05) is 5.18 Å². The van der Waals surface area contributed by atoms with Gasteiger partial charge in [-0.15, -0.1) is 0 Å². The van der Waals surface area contributed by atoms with Crippen LogP contribution < -0.4 is 5.32 Å². The van der Waals surface area contributed by atoms with Gasteiger partial charge in [0, 0.05) is 0 Å². The number of nitroso groups, excluding NO2 is 1. The smallest absolute Gasteiger partial charge is 0.0973 e. The molecule has 0 unspecified atom stereocenters. The first-order valence-electron chi connectivity index (χ1n) is 4.69. The van der Waals surface area contributed by atoms with Gasteiger partial charge in [-0.2, -0.15) is 4.91 Å². The van der Waals surface area contributed by atoms with Crippen LogP contribution in [0.1, 0.15) is 33.1 Å². The summed E-state index contributed by atoms with van der Waals surface area (Å²) in [7, 11) is 0. The van der Waals surface area contributed by atoms with Crippen molar-refractivity contribution in [2.45, 2.75) is 38.6 Å². The molecule has 1 N–H and O–H groups in total. The molecule has 1 rings (SSSR count). The third-order valence-electron chi connectivity index (χ3n) is 2.49. The first kappa shape index (κ1) is 9.65. The molecule has 0 aliphatic carbocycles. The van der Waals surface area contributed by atoms with E-state index >= 15 is 0 Å². The SMILES string of the molecule is CC(C)(CC1CCNCC1)N=O. The normalized spacial score (nSPS) is 20.8. The van der Waals surface area contributed by atoms with Crippen molar-refractivity contribution in [3.8, 4) is 0 Å². The van der Waals surface area contributed by atoms with E-state index in [4.69, 9.17) is 0 Å². The Hall–Kier alpha value is -0.440. The summed E-state index contributed by atoms with van der Waals surface area (Å²) in [5.41, 5.74) is -0.359. The van der Waals surface area contributed by atoms with Gasteiger partial charge < -0.3 is 5.32 Å². The van der Waals surface area contributed by atoms with E-state index in [0.29, 0.717) is 5.92 Å². The van der Waals surface area contributed by atoms with E-state index in [2.05, 4.69) is 10.5 Å². The summed E-state index contributed by atoms with van der Waals surface area (Å²) >= 11 is 0. The Morgan fingerprint density at radius 3 is 2.50 bits per heavy atom. The number of rotatable bonds is 3. The summed E-state index contributed by atoms with van der Waals surface area (Å²) in [6.45, 7) is 6.03. The van der Waals surface area contributed by atoms with Crippen LogP contribution in [0.5, 0.6) is 0 Å². The minimum absolute atomic E-state index is 0.359. The van der Waals surface area contributed by atoms with Crippen LogP contribution in [-0.4, -0.2) is 18.6 Å². The lowest BCUT2D eigenvalue weighted by Gasteiger charge is -2.27. The third-order valence-corrected chi connectivity index (χ3v) is 2.49. The van der Waals surface area contributed by atoms with Gasteiger partial charge in [0.15, 0.2) is 0 Å². The summed E-state index contributed by atoms with van der Waals surface area (Å²) in [6.07, 6.45) is 3.33. The van der Waals surface area contributed by atoms with Crippen LogP contribution in [0.2, 0.25) is 0 Å². The van der Waals surface area contributed by atoms with Crippen LogP contribution in [0.3, 0.4) is 0 Å². The molecule has 0 atom stereocenters. The van der Waals surface area contributed by atoms with Crippen LogP contribution in [0.15, 0.2) is 5.18 Å². The van der Waals surface area contributed by atoms with Crippen molar-refractivity contribution in [2.24, 2.45) is 11.1 Å². The highest BCUT2D eigenvalue weighted by Gasteiger charge is 2.24. The molecule has 0 spiro atoms. The monoisotopic (exact) mass is 170 g/mol. The second-order valence-corrected chi connectivity index (χ2v) is 4.30. The van der Waals surface area contributed by atoms with Gasteiger partial charge in [0.1, 0.15) is 0 Å². The van der Waals surface area contributed by atoms with Crippen molar-refractivity contribution in [1.29, 1.82) is 0 Å². The number of piperidine rings is 1. The Labute approximate surface area is 73.9 Å². The van der Waals surface area contributed by atoms with E-state index in [1.165, 1.54) is 12.8 Å². The van der Waals surface area contributed by atoms with Crippen molar-refractivity contribution in [2.75, 3.05) is 13.1 Å². The van der Waals surface area contributed by atoms with Gasteiger partial charge in [0.2, 0.25) is 0 Å². The van der Waals surface area contributed by atoms with E-state index in [0.717, 1.165) is 19.5 Å². The summed E-state index contributed by atoms with van der Waals surface area (Å²) in [5, 5.41) is 6.45. The third kappa shape index (κ3) is 2.89. The molecule has 0 bridgehead atoms. The number of hydrogen-bond acceptors (Lipinski definition) is 3. The van der Waals surface area contributed by atoms with Gasteiger partial charge in [-0.3, -0.25) is 0 Å². The summed E-state index contributed by atoms with van der Waals surface area (Å²) in [4.78, 5) is 10.4. The van der Waals surface area contributed by atoms with Crippen LogP contribution in [0, 0.1) is 10.8 Å². The van der Waals surface area contributed by atoms with Crippen LogP contribution in [0.4, 0.5) is 0 Å². The molecule has 1 heterocycles. The van der Waals surface area contributed by atoms with Gasteiger partial charge in [-0.05, 0) is 52.1 Å². The highest BCUT2D eigenvalue weighted by atomic mass is 16.3. The molecular formula is C9H18N2O. The van der Waals surface area contributed by atoms with Crippen LogP contribution in [-0.2, 0) is 0 Å². The average Bonchev–Trinajstić information content (AvgIpc) is 2.06. The molecule has 0 amide bonds. The molecule has 3 nitrogen and oxygen atoms in total. The average molecular weight is 170 g/mol. The van der Waals surface area contributed by atoms with Crippen molar-refractivity contribution in [3.05, 3.63) is 4.91 Å². The Kier molecular flexibility index (Phi) is 3.20. The number of nitrogens with one attached hydrogen (secondary N) is 1. The fourth-order valence-corrected chi connectivity index (χ4v) is 1.83. The molecule has 70 valence electrons.